The minimum Gasteiger partial charge on any atom is -0.318 e. The molecular formula is C15H13N5O. The van der Waals surface area contributed by atoms with Crippen LogP contribution in [-0.2, 0) is 0 Å². The van der Waals surface area contributed by atoms with Crippen LogP contribution in [0.3, 0.4) is 0 Å². The number of nitrogens with zero attached hydrogens (tertiary/aromatic N) is 4. The molecule has 6 nitrogen and oxygen atoms in total. The van der Waals surface area contributed by atoms with E-state index < -0.39 is 0 Å². The first-order valence-electron chi connectivity index (χ1n) is 6.42. The van der Waals surface area contributed by atoms with Crippen LogP contribution >= 0.6 is 0 Å². The lowest BCUT2D eigenvalue weighted by Gasteiger charge is -2.01. The van der Waals surface area contributed by atoms with E-state index in [0.717, 1.165) is 11.3 Å². The summed E-state index contributed by atoms with van der Waals surface area (Å²) in [5.74, 6) is -0.256. The lowest BCUT2D eigenvalue weighted by atomic mass is 10.2. The van der Waals surface area contributed by atoms with E-state index in [0.29, 0.717) is 5.69 Å². The van der Waals surface area contributed by atoms with Crippen molar-refractivity contribution in [2.45, 2.75) is 6.92 Å². The van der Waals surface area contributed by atoms with Gasteiger partial charge in [-0.3, -0.25) is 9.78 Å². The zero-order chi connectivity index (χ0) is 14.7. The molecule has 0 aliphatic rings. The van der Waals surface area contributed by atoms with Crippen molar-refractivity contribution < 1.29 is 4.79 Å². The summed E-state index contributed by atoms with van der Waals surface area (Å²) in [6.45, 7) is 2.01. The van der Waals surface area contributed by atoms with E-state index in [4.69, 9.17) is 0 Å². The third-order valence-electron chi connectivity index (χ3n) is 2.91. The van der Waals surface area contributed by atoms with Gasteiger partial charge in [0.25, 0.3) is 5.91 Å². The first-order valence-corrected chi connectivity index (χ1v) is 6.42. The van der Waals surface area contributed by atoms with Crippen molar-refractivity contribution >= 4 is 11.6 Å². The van der Waals surface area contributed by atoms with Crippen LogP contribution in [0.15, 0.2) is 55.1 Å². The quantitative estimate of drug-likeness (QED) is 0.798. The number of benzene rings is 1. The molecule has 0 fully saturated rings. The number of amides is 1. The number of rotatable bonds is 3. The summed E-state index contributed by atoms with van der Waals surface area (Å²) in [5, 5.41) is 6.87. The average Bonchev–Trinajstić information content (AvgIpc) is 2.99. The highest BCUT2D eigenvalue weighted by molar-refractivity contribution is 6.01. The first-order chi connectivity index (χ1) is 10.2. The molecule has 0 atom stereocenters. The summed E-state index contributed by atoms with van der Waals surface area (Å²) >= 11 is 0. The Morgan fingerprint density at radius 1 is 1.19 bits per heavy atom. The van der Waals surface area contributed by atoms with Gasteiger partial charge in [-0.25, -0.2) is 9.67 Å². The van der Waals surface area contributed by atoms with Crippen LogP contribution in [0.2, 0.25) is 0 Å². The van der Waals surface area contributed by atoms with Gasteiger partial charge in [0, 0.05) is 6.20 Å². The maximum Gasteiger partial charge on any atom is 0.295 e. The maximum atomic E-state index is 12.0. The second-order valence-electron chi connectivity index (χ2n) is 4.54. The molecule has 1 N–H and O–H groups in total. The molecule has 21 heavy (non-hydrogen) atoms. The molecular weight excluding hydrogens is 266 g/mol. The van der Waals surface area contributed by atoms with Gasteiger partial charge < -0.3 is 5.32 Å². The van der Waals surface area contributed by atoms with Gasteiger partial charge in [-0.15, -0.1) is 5.10 Å². The fourth-order valence-electron chi connectivity index (χ4n) is 1.81. The molecule has 0 saturated carbocycles. The largest absolute Gasteiger partial charge is 0.318 e. The molecule has 0 saturated heterocycles. The zero-order valence-electron chi connectivity index (χ0n) is 11.4. The number of nitrogens with one attached hydrogen (secondary N) is 1. The van der Waals surface area contributed by atoms with Crippen LogP contribution in [0, 0.1) is 6.92 Å². The van der Waals surface area contributed by atoms with Gasteiger partial charge in [-0.05, 0) is 31.2 Å². The Morgan fingerprint density at radius 3 is 2.71 bits per heavy atom. The molecule has 0 spiro atoms. The summed E-state index contributed by atoms with van der Waals surface area (Å²) in [7, 11) is 0. The molecule has 1 aromatic carbocycles. The predicted molar refractivity (Wildman–Crippen MR) is 78.3 cm³/mol. The van der Waals surface area contributed by atoms with Crippen molar-refractivity contribution in [2.24, 2.45) is 0 Å². The number of aryl methyl sites for hydroxylation is 1. The fraction of sp³-hybridized carbons (Fsp3) is 0.0667. The van der Waals surface area contributed by atoms with Crippen LogP contribution in [0.1, 0.15) is 16.2 Å². The number of hydrogen-bond donors (Lipinski definition) is 1. The van der Waals surface area contributed by atoms with Crippen molar-refractivity contribution in [1.82, 2.24) is 19.7 Å². The third kappa shape index (κ3) is 2.94. The number of aromatic nitrogens is 4. The van der Waals surface area contributed by atoms with Gasteiger partial charge in [0.05, 0.1) is 17.6 Å². The van der Waals surface area contributed by atoms with Crippen LogP contribution in [0.25, 0.3) is 5.69 Å². The third-order valence-corrected chi connectivity index (χ3v) is 2.91. The smallest absolute Gasteiger partial charge is 0.295 e. The average molecular weight is 279 g/mol. The topological polar surface area (TPSA) is 72.7 Å². The molecule has 104 valence electrons. The van der Waals surface area contributed by atoms with Crippen molar-refractivity contribution in [2.75, 3.05) is 5.32 Å². The normalized spacial score (nSPS) is 10.3. The summed E-state index contributed by atoms with van der Waals surface area (Å²) in [6.07, 6.45) is 4.72. The fourth-order valence-corrected chi connectivity index (χ4v) is 1.81. The molecule has 3 rings (SSSR count). The molecule has 0 unspecified atom stereocenters. The van der Waals surface area contributed by atoms with Gasteiger partial charge in [-0.1, -0.05) is 17.7 Å². The van der Waals surface area contributed by atoms with E-state index in [9.17, 15) is 4.79 Å². The minimum absolute atomic E-state index is 0.111. The highest BCUT2D eigenvalue weighted by Gasteiger charge is 2.12. The van der Waals surface area contributed by atoms with Crippen molar-refractivity contribution in [3.8, 4) is 5.69 Å². The Bertz CT molecular complexity index is 749. The summed E-state index contributed by atoms with van der Waals surface area (Å²) in [6, 6.07) is 11.3. The Morgan fingerprint density at radius 2 is 2.00 bits per heavy atom. The Kier molecular flexibility index (Phi) is 3.42. The molecule has 0 aliphatic carbocycles. The van der Waals surface area contributed by atoms with Crippen LogP contribution < -0.4 is 5.32 Å². The van der Waals surface area contributed by atoms with E-state index >= 15 is 0 Å². The highest BCUT2D eigenvalue weighted by atomic mass is 16.2. The van der Waals surface area contributed by atoms with Gasteiger partial charge in [0.15, 0.2) is 0 Å². The van der Waals surface area contributed by atoms with Gasteiger partial charge in [0.2, 0.25) is 5.82 Å². The molecule has 6 heteroatoms. The van der Waals surface area contributed by atoms with Gasteiger partial charge in [-0.2, -0.15) is 0 Å². The molecule has 2 heterocycles. The summed E-state index contributed by atoms with van der Waals surface area (Å²) in [4.78, 5) is 20.0. The number of carbonyl (C=O) groups excluding carboxylic acids is 1. The number of carbonyl (C=O) groups is 1. The predicted octanol–water partition coefficient (Wildman–Crippen LogP) is 2.22. The molecule has 1 amide bonds. The maximum absolute atomic E-state index is 12.0. The molecule has 2 aromatic heterocycles. The Hall–Kier alpha value is -3.02. The molecule has 0 radical (unpaired) electrons. The van der Waals surface area contributed by atoms with E-state index in [1.807, 2.05) is 31.2 Å². The number of hydrogen-bond acceptors (Lipinski definition) is 4. The van der Waals surface area contributed by atoms with Gasteiger partial charge in [0.1, 0.15) is 6.33 Å². The second kappa shape index (κ2) is 5.54. The Labute approximate surface area is 121 Å². The number of pyridine rings is 1. The molecule has 0 bridgehead atoms. The lowest BCUT2D eigenvalue weighted by Crippen LogP contribution is -2.14. The first kappa shape index (κ1) is 13.0. The number of anilines is 1. The SMILES string of the molecule is Cc1ccc(-n2cnc(C(=O)Nc3cccnc3)n2)cc1. The van der Waals surface area contributed by atoms with Crippen LogP contribution in [0.5, 0.6) is 0 Å². The van der Waals surface area contributed by atoms with Crippen molar-refractivity contribution in [3.63, 3.8) is 0 Å². The zero-order valence-corrected chi connectivity index (χ0v) is 11.4. The highest BCUT2D eigenvalue weighted by Crippen LogP contribution is 2.09. The van der Waals surface area contributed by atoms with Gasteiger partial charge >= 0.3 is 0 Å². The van der Waals surface area contributed by atoms with Crippen LogP contribution in [-0.4, -0.2) is 25.7 Å². The Balaban J connectivity index is 1.78. The van der Waals surface area contributed by atoms with Crippen molar-refractivity contribution in [3.05, 3.63) is 66.5 Å². The van der Waals surface area contributed by atoms with E-state index in [1.165, 1.54) is 6.33 Å². The molecule has 0 aliphatic heterocycles. The van der Waals surface area contributed by atoms with E-state index in [-0.39, 0.29) is 11.7 Å². The van der Waals surface area contributed by atoms with Crippen molar-refractivity contribution in [1.29, 1.82) is 0 Å². The summed E-state index contributed by atoms with van der Waals surface area (Å²) in [5.41, 5.74) is 2.62. The van der Waals surface area contributed by atoms with E-state index in [1.54, 1.807) is 29.2 Å². The summed E-state index contributed by atoms with van der Waals surface area (Å²) < 4.78 is 1.57. The molecule has 3 aromatic rings. The van der Waals surface area contributed by atoms with Crippen LogP contribution in [0.4, 0.5) is 5.69 Å². The standard InChI is InChI=1S/C15H13N5O/c1-11-4-6-13(7-5-11)20-10-17-14(19-20)15(21)18-12-3-2-8-16-9-12/h2-10H,1H3,(H,18,21). The second-order valence-corrected chi connectivity index (χ2v) is 4.54. The monoisotopic (exact) mass is 279 g/mol. The minimum atomic E-state index is -0.367. The van der Waals surface area contributed by atoms with E-state index in [2.05, 4.69) is 20.4 Å². The lowest BCUT2D eigenvalue weighted by molar-refractivity contribution is 0.101.